The Balaban J connectivity index is 2.06. The molecule has 2 N–H and O–H groups in total. The van der Waals surface area contributed by atoms with Gasteiger partial charge < -0.3 is 9.88 Å². The van der Waals surface area contributed by atoms with Crippen LogP contribution < -0.4 is 10.6 Å². The van der Waals surface area contributed by atoms with Crippen molar-refractivity contribution in [3.05, 3.63) is 56.0 Å². The molecule has 0 bridgehead atoms. The summed E-state index contributed by atoms with van der Waals surface area (Å²) in [6.45, 7) is 6.11. The number of carbonyl (C=O) groups is 2. The van der Waals surface area contributed by atoms with E-state index in [1.54, 1.807) is 6.08 Å². The zero-order valence-corrected chi connectivity index (χ0v) is 15.2. The second-order valence-corrected chi connectivity index (χ2v) is 6.72. The largest absolute Gasteiger partial charge is 0.326 e. The molecule has 1 fully saturated rings. The maximum Gasteiger partial charge on any atom is 0.326 e. The third-order valence-electron chi connectivity index (χ3n) is 3.89. The van der Waals surface area contributed by atoms with Gasteiger partial charge in [-0.25, -0.2) is 4.79 Å². The number of hydrogen-bond donors (Lipinski definition) is 2. The molecular formula is C17H16IN3O2. The summed E-state index contributed by atoms with van der Waals surface area (Å²) in [5.74, 6) is -0.398. The van der Waals surface area contributed by atoms with Crippen molar-refractivity contribution in [3.63, 3.8) is 0 Å². The highest BCUT2D eigenvalue weighted by Crippen LogP contribution is 2.24. The molecule has 5 nitrogen and oxygen atoms in total. The Hall–Kier alpha value is -2.09. The number of aromatic nitrogens is 1. The Labute approximate surface area is 147 Å². The highest BCUT2D eigenvalue weighted by Gasteiger charge is 2.23. The molecule has 0 saturated carbocycles. The van der Waals surface area contributed by atoms with Crippen molar-refractivity contribution in [1.29, 1.82) is 0 Å². The third kappa shape index (κ3) is 2.90. The number of carbonyl (C=O) groups excluding carboxylic acids is 2. The summed E-state index contributed by atoms with van der Waals surface area (Å²) in [6, 6.07) is 7.84. The molecule has 0 unspecified atom stereocenters. The standard InChI is InChI=1S/C17H16IN3O2/c1-9-6-13(4-5-14(9)18)21-10(2)7-12(11(21)3)8-15-16(22)20-17(23)19-15/h4-8H,1-3H3,(H2,19,20,22,23)/b15-8+. The lowest BCUT2D eigenvalue weighted by Crippen LogP contribution is -2.22. The molecule has 0 radical (unpaired) electrons. The van der Waals surface area contributed by atoms with E-state index < -0.39 is 11.9 Å². The highest BCUT2D eigenvalue weighted by atomic mass is 127. The van der Waals surface area contributed by atoms with Crippen molar-refractivity contribution in [1.82, 2.24) is 15.2 Å². The van der Waals surface area contributed by atoms with E-state index in [4.69, 9.17) is 0 Å². The molecule has 0 spiro atoms. The van der Waals surface area contributed by atoms with Crippen LogP contribution in [0.2, 0.25) is 0 Å². The van der Waals surface area contributed by atoms with Crippen LogP contribution in [-0.2, 0) is 4.79 Å². The summed E-state index contributed by atoms with van der Waals surface area (Å²) in [5.41, 5.74) is 5.57. The lowest BCUT2D eigenvalue weighted by Gasteiger charge is -2.11. The minimum absolute atomic E-state index is 0.272. The molecule has 118 valence electrons. The predicted molar refractivity (Wildman–Crippen MR) is 97.3 cm³/mol. The van der Waals surface area contributed by atoms with E-state index >= 15 is 0 Å². The fraction of sp³-hybridized carbons (Fsp3) is 0.176. The monoisotopic (exact) mass is 421 g/mol. The van der Waals surface area contributed by atoms with Gasteiger partial charge >= 0.3 is 6.03 Å². The first-order valence-corrected chi connectivity index (χ1v) is 8.24. The van der Waals surface area contributed by atoms with Crippen LogP contribution >= 0.6 is 22.6 Å². The fourth-order valence-corrected chi connectivity index (χ4v) is 3.07. The maximum atomic E-state index is 11.7. The van der Waals surface area contributed by atoms with Gasteiger partial charge in [-0.3, -0.25) is 10.1 Å². The van der Waals surface area contributed by atoms with Crippen LogP contribution in [0.1, 0.15) is 22.5 Å². The predicted octanol–water partition coefficient (Wildman–Crippen LogP) is 3.19. The van der Waals surface area contributed by atoms with Crippen molar-refractivity contribution in [2.45, 2.75) is 20.8 Å². The van der Waals surface area contributed by atoms with E-state index in [9.17, 15) is 9.59 Å². The molecular weight excluding hydrogens is 405 g/mol. The fourth-order valence-electron chi connectivity index (χ4n) is 2.74. The normalized spacial score (nSPS) is 15.9. The number of aryl methyl sites for hydroxylation is 2. The molecule has 1 aromatic carbocycles. The van der Waals surface area contributed by atoms with E-state index in [-0.39, 0.29) is 5.70 Å². The Morgan fingerprint density at radius 2 is 1.83 bits per heavy atom. The first kappa shape index (κ1) is 15.8. The molecule has 1 aliphatic rings. The summed E-state index contributed by atoms with van der Waals surface area (Å²) >= 11 is 2.32. The van der Waals surface area contributed by atoms with Gasteiger partial charge in [0.15, 0.2) is 0 Å². The van der Waals surface area contributed by atoms with Crippen LogP contribution in [0, 0.1) is 24.3 Å². The second kappa shape index (κ2) is 5.84. The molecule has 0 atom stereocenters. The Morgan fingerprint density at radius 3 is 2.43 bits per heavy atom. The van der Waals surface area contributed by atoms with Crippen LogP contribution in [0.4, 0.5) is 4.79 Å². The minimum atomic E-state index is -0.483. The third-order valence-corrected chi connectivity index (χ3v) is 5.10. The second-order valence-electron chi connectivity index (χ2n) is 5.56. The number of hydrogen-bond acceptors (Lipinski definition) is 2. The van der Waals surface area contributed by atoms with Gasteiger partial charge in [0.2, 0.25) is 0 Å². The summed E-state index contributed by atoms with van der Waals surface area (Å²) in [4.78, 5) is 22.9. The van der Waals surface area contributed by atoms with E-state index in [1.807, 2.05) is 19.9 Å². The summed E-state index contributed by atoms with van der Waals surface area (Å²) in [7, 11) is 0. The number of benzene rings is 1. The van der Waals surface area contributed by atoms with E-state index in [1.165, 1.54) is 9.13 Å². The molecule has 1 saturated heterocycles. The van der Waals surface area contributed by atoms with Gasteiger partial charge in [-0.15, -0.1) is 0 Å². The van der Waals surface area contributed by atoms with Gasteiger partial charge in [0, 0.05) is 20.6 Å². The van der Waals surface area contributed by atoms with E-state index in [0.29, 0.717) is 0 Å². The van der Waals surface area contributed by atoms with Crippen LogP contribution in [0.15, 0.2) is 30.0 Å². The zero-order chi connectivity index (χ0) is 16.7. The Bertz CT molecular complexity index is 865. The summed E-state index contributed by atoms with van der Waals surface area (Å²) in [6.07, 6.45) is 1.71. The minimum Gasteiger partial charge on any atom is -0.318 e. The van der Waals surface area contributed by atoms with Crippen LogP contribution in [0.5, 0.6) is 0 Å². The first-order chi connectivity index (χ1) is 10.9. The van der Waals surface area contributed by atoms with Gasteiger partial charge in [-0.2, -0.15) is 0 Å². The van der Waals surface area contributed by atoms with Gasteiger partial charge in [0.1, 0.15) is 5.70 Å². The summed E-state index contributed by atoms with van der Waals surface area (Å²) < 4.78 is 3.37. The number of nitrogens with zero attached hydrogens (tertiary/aromatic N) is 1. The van der Waals surface area contributed by atoms with E-state index in [2.05, 4.69) is 62.9 Å². The number of imide groups is 1. The van der Waals surface area contributed by atoms with Gasteiger partial charge in [-0.1, -0.05) is 0 Å². The average molecular weight is 421 g/mol. The SMILES string of the molecule is Cc1cc(-n2c(C)cc(/C=C3/NC(=O)NC3=O)c2C)ccc1I. The molecule has 2 aromatic rings. The average Bonchev–Trinajstić information content (AvgIpc) is 2.93. The van der Waals surface area contributed by atoms with Crippen molar-refractivity contribution in [2.75, 3.05) is 0 Å². The van der Waals surface area contributed by atoms with Gasteiger partial charge in [0.25, 0.3) is 5.91 Å². The quantitative estimate of drug-likeness (QED) is 0.445. The topological polar surface area (TPSA) is 63.1 Å². The number of nitrogens with one attached hydrogen (secondary N) is 2. The van der Waals surface area contributed by atoms with Crippen molar-refractivity contribution < 1.29 is 9.59 Å². The summed E-state index contributed by atoms with van der Waals surface area (Å²) in [5, 5.41) is 4.72. The molecule has 3 amide bonds. The Kier molecular flexibility index (Phi) is 4.01. The van der Waals surface area contributed by atoms with Crippen molar-refractivity contribution in [2.24, 2.45) is 0 Å². The van der Waals surface area contributed by atoms with Crippen molar-refractivity contribution in [3.8, 4) is 5.69 Å². The van der Waals surface area contributed by atoms with Gasteiger partial charge in [0.05, 0.1) is 0 Å². The molecule has 3 rings (SSSR count). The van der Waals surface area contributed by atoms with Crippen LogP contribution in [0.3, 0.4) is 0 Å². The molecule has 2 heterocycles. The maximum absolute atomic E-state index is 11.7. The first-order valence-electron chi connectivity index (χ1n) is 7.16. The van der Waals surface area contributed by atoms with E-state index in [0.717, 1.165) is 22.6 Å². The lowest BCUT2D eigenvalue weighted by atomic mass is 10.2. The number of rotatable bonds is 2. The zero-order valence-electron chi connectivity index (χ0n) is 13.0. The van der Waals surface area contributed by atoms with Gasteiger partial charge in [-0.05, 0) is 84.8 Å². The van der Waals surface area contributed by atoms with Crippen LogP contribution in [0.25, 0.3) is 11.8 Å². The molecule has 1 aromatic heterocycles. The number of urea groups is 1. The molecule has 23 heavy (non-hydrogen) atoms. The van der Waals surface area contributed by atoms with Crippen LogP contribution in [-0.4, -0.2) is 16.5 Å². The lowest BCUT2D eigenvalue weighted by molar-refractivity contribution is -0.115. The molecule has 1 aliphatic heterocycles. The molecule has 0 aliphatic carbocycles. The number of amides is 3. The number of halogens is 1. The highest BCUT2D eigenvalue weighted by molar-refractivity contribution is 14.1. The molecule has 6 heteroatoms. The Morgan fingerprint density at radius 1 is 1.09 bits per heavy atom. The smallest absolute Gasteiger partial charge is 0.318 e. The van der Waals surface area contributed by atoms with Crippen molar-refractivity contribution >= 4 is 40.6 Å².